The second-order valence-corrected chi connectivity index (χ2v) is 18.8. The first kappa shape index (κ1) is 48.6. The van der Waals surface area contributed by atoms with Gasteiger partial charge in [0.2, 0.25) is 5.91 Å². The Morgan fingerprint density at radius 2 is 1.50 bits per heavy atom. The van der Waals surface area contributed by atoms with Gasteiger partial charge >= 0.3 is 18.1 Å². The van der Waals surface area contributed by atoms with E-state index in [4.69, 9.17) is 9.47 Å². The zero-order chi connectivity index (χ0) is 46.6. The predicted octanol–water partition coefficient (Wildman–Crippen LogP) is 7.43. The van der Waals surface area contributed by atoms with Crippen molar-refractivity contribution in [1.82, 2.24) is 39.3 Å². The molecule has 3 aliphatic rings. The third-order valence-electron chi connectivity index (χ3n) is 14.0. The Bertz CT molecular complexity index is 2340. The molecule has 2 aromatic heterocycles. The monoisotopic (exact) mass is 909 g/mol. The van der Waals surface area contributed by atoms with Crippen molar-refractivity contribution in [3.63, 3.8) is 0 Å². The van der Waals surface area contributed by atoms with E-state index in [1.165, 1.54) is 11.1 Å². The molecule has 4 aromatic rings. The van der Waals surface area contributed by atoms with Crippen LogP contribution in [-0.4, -0.2) is 136 Å². The van der Waals surface area contributed by atoms with Crippen molar-refractivity contribution < 1.29 is 28.7 Å². The standard InChI is InChI=1S/C51H72N8O7/c1-5-7-9-10-14-30-65-51(64)59-47-37(3)31-38(32-41(47)35-52-59)33-44(49(62)56-28-26-55(27-29-56)42-20-22-54(4)23-21-42)53-50(63)57-24-18-39(19-25-57)43-34-40-15-12-13-16-45(40)58(48(43)61)36-66-46(60)17-11-8-6-2/h12-13,15-16,31-32,34-35,39,42,44H,5-11,14,17-30,33,36H2,1-4H3,(H,53,63)/t44-/m1/s1. The Balaban J connectivity index is 1.04. The van der Waals surface area contributed by atoms with Gasteiger partial charge in [-0.2, -0.15) is 9.78 Å². The normalized spacial score (nSPS) is 17.3. The van der Waals surface area contributed by atoms with Crippen LogP contribution in [0.15, 0.2) is 53.5 Å². The van der Waals surface area contributed by atoms with Crippen LogP contribution in [0.1, 0.15) is 120 Å². The van der Waals surface area contributed by atoms with Gasteiger partial charge in [0.15, 0.2) is 6.73 Å². The number of piperazine rings is 1. The first-order valence-electron chi connectivity index (χ1n) is 24.7. The van der Waals surface area contributed by atoms with Crippen molar-refractivity contribution in [3.05, 3.63) is 75.7 Å². The van der Waals surface area contributed by atoms with Crippen molar-refractivity contribution in [1.29, 1.82) is 0 Å². The van der Waals surface area contributed by atoms with E-state index in [9.17, 15) is 24.0 Å². The number of likely N-dealkylation sites (tertiary alicyclic amines) is 2. The molecular weight excluding hydrogens is 837 g/mol. The summed E-state index contributed by atoms with van der Waals surface area (Å²) in [6.45, 7) is 12.1. The number of carbonyl (C=O) groups excluding carboxylic acids is 4. The number of pyridine rings is 1. The van der Waals surface area contributed by atoms with Crippen LogP contribution >= 0.6 is 0 Å². The average Bonchev–Trinajstić information content (AvgIpc) is 3.77. The van der Waals surface area contributed by atoms with E-state index in [2.05, 4.69) is 41.1 Å². The molecule has 66 heavy (non-hydrogen) atoms. The van der Waals surface area contributed by atoms with E-state index in [1.54, 1.807) is 15.7 Å². The van der Waals surface area contributed by atoms with Gasteiger partial charge in [0.25, 0.3) is 5.56 Å². The van der Waals surface area contributed by atoms with E-state index < -0.39 is 12.1 Å². The smallest absolute Gasteiger partial charge is 0.435 e. The predicted molar refractivity (Wildman–Crippen MR) is 257 cm³/mol. The van der Waals surface area contributed by atoms with Crippen LogP contribution in [0.2, 0.25) is 0 Å². The number of hydrogen-bond acceptors (Lipinski definition) is 10. The molecular formula is C51H72N8O7. The maximum atomic E-state index is 14.6. The topological polar surface area (TPSA) is 152 Å². The molecule has 3 fully saturated rings. The average molecular weight is 909 g/mol. The van der Waals surface area contributed by atoms with Gasteiger partial charge < -0.3 is 29.5 Å². The number of para-hydroxylation sites is 1. The fourth-order valence-corrected chi connectivity index (χ4v) is 10.1. The molecule has 0 saturated carbocycles. The third kappa shape index (κ3) is 12.2. The van der Waals surface area contributed by atoms with Gasteiger partial charge in [-0.1, -0.05) is 76.6 Å². The highest BCUT2D eigenvalue weighted by Gasteiger charge is 2.34. The van der Waals surface area contributed by atoms with Crippen LogP contribution in [-0.2, 0) is 32.2 Å². The van der Waals surface area contributed by atoms with Crippen LogP contribution in [0.25, 0.3) is 21.8 Å². The number of unbranched alkanes of at least 4 members (excludes halogenated alkanes) is 6. The number of aryl methyl sites for hydroxylation is 1. The quantitative estimate of drug-likeness (QED) is 0.0789. The first-order valence-corrected chi connectivity index (χ1v) is 24.7. The maximum absolute atomic E-state index is 14.6. The Morgan fingerprint density at radius 1 is 0.788 bits per heavy atom. The highest BCUT2D eigenvalue weighted by molar-refractivity contribution is 5.91. The lowest BCUT2D eigenvalue weighted by atomic mass is 9.89. The molecule has 3 aliphatic heterocycles. The van der Waals surface area contributed by atoms with Gasteiger partial charge in [-0.15, -0.1) is 0 Å². The summed E-state index contributed by atoms with van der Waals surface area (Å²) in [7, 11) is 2.17. The van der Waals surface area contributed by atoms with Crippen LogP contribution < -0.4 is 10.9 Å². The first-order chi connectivity index (χ1) is 32.0. The fraction of sp³-hybridized carbons (Fsp3) is 0.608. The number of aromatic nitrogens is 3. The molecule has 15 heteroatoms. The largest absolute Gasteiger partial charge is 0.448 e. The number of fused-ring (bicyclic) bond motifs is 2. The minimum Gasteiger partial charge on any atom is -0.448 e. The molecule has 1 atom stereocenters. The van der Waals surface area contributed by atoms with Crippen molar-refractivity contribution in [3.8, 4) is 0 Å². The second-order valence-electron chi connectivity index (χ2n) is 18.8. The lowest BCUT2D eigenvalue weighted by molar-refractivity contribution is -0.147. The number of rotatable bonds is 18. The van der Waals surface area contributed by atoms with Crippen molar-refractivity contribution in [2.24, 2.45) is 0 Å². The number of benzene rings is 2. The number of ether oxygens (including phenoxy) is 2. The van der Waals surface area contributed by atoms with Gasteiger partial charge in [-0.05, 0) is 106 Å². The molecule has 7 rings (SSSR count). The van der Waals surface area contributed by atoms with Crippen molar-refractivity contribution in [2.75, 3.05) is 66.0 Å². The summed E-state index contributed by atoms with van der Waals surface area (Å²) in [6, 6.07) is 12.9. The van der Waals surface area contributed by atoms with E-state index in [1.807, 2.05) is 54.3 Å². The summed E-state index contributed by atoms with van der Waals surface area (Å²) in [4.78, 5) is 77.0. The maximum Gasteiger partial charge on any atom is 0.435 e. The summed E-state index contributed by atoms with van der Waals surface area (Å²) < 4.78 is 14.1. The molecule has 1 N–H and O–H groups in total. The van der Waals surface area contributed by atoms with Crippen molar-refractivity contribution in [2.45, 2.75) is 135 Å². The minimum atomic E-state index is -0.827. The minimum absolute atomic E-state index is 0.102. The van der Waals surface area contributed by atoms with E-state index in [0.717, 1.165) is 106 Å². The molecule has 0 spiro atoms. The number of carbonyl (C=O) groups is 4. The number of nitrogens with zero attached hydrogens (tertiary/aromatic N) is 7. The lowest BCUT2D eigenvalue weighted by Gasteiger charge is -2.43. The SMILES string of the molecule is CCCCCCCOC(=O)n1ncc2cc(C[C@@H](NC(=O)N3CCC(c4cc5ccccc5n(COC(=O)CCCCC)c4=O)CC3)C(=O)N3CCN(C4CCN(C)CC4)CC3)cc(C)c21. The summed E-state index contributed by atoms with van der Waals surface area (Å²) in [6.07, 6.45) is 13.1. The Morgan fingerprint density at radius 3 is 2.24 bits per heavy atom. The van der Waals surface area contributed by atoms with E-state index >= 15 is 0 Å². The Kier molecular flexibility index (Phi) is 17.3. The molecule has 358 valence electrons. The fourth-order valence-electron chi connectivity index (χ4n) is 10.1. The van der Waals surface area contributed by atoms with E-state index in [0.29, 0.717) is 74.7 Å². The molecule has 0 unspecified atom stereocenters. The highest BCUT2D eigenvalue weighted by atomic mass is 16.6. The van der Waals surface area contributed by atoms with Gasteiger partial charge in [-0.25, -0.2) is 9.59 Å². The molecule has 0 radical (unpaired) electrons. The third-order valence-corrected chi connectivity index (χ3v) is 14.0. The number of hydrogen-bond donors (Lipinski definition) is 1. The Labute approximate surface area is 389 Å². The van der Waals surface area contributed by atoms with Gasteiger partial charge in [0.05, 0.1) is 23.8 Å². The molecule has 0 aliphatic carbocycles. The molecule has 3 saturated heterocycles. The number of nitrogens with one attached hydrogen (secondary N) is 1. The van der Waals surface area contributed by atoms with Crippen LogP contribution in [0.3, 0.4) is 0 Å². The van der Waals surface area contributed by atoms with Crippen LogP contribution in [0.4, 0.5) is 9.59 Å². The molecule has 5 heterocycles. The summed E-state index contributed by atoms with van der Waals surface area (Å²) in [5.41, 5.74) is 3.50. The van der Waals surface area contributed by atoms with Gasteiger partial charge in [-0.3, -0.25) is 23.9 Å². The summed E-state index contributed by atoms with van der Waals surface area (Å²) in [5, 5.41) is 9.20. The molecule has 2 aromatic carbocycles. The zero-order valence-electron chi connectivity index (χ0n) is 39.8. The second kappa shape index (κ2) is 23.4. The number of esters is 1. The van der Waals surface area contributed by atoms with Crippen LogP contribution in [0.5, 0.6) is 0 Å². The number of amides is 3. The highest BCUT2D eigenvalue weighted by Crippen LogP contribution is 2.29. The summed E-state index contributed by atoms with van der Waals surface area (Å²) >= 11 is 0. The summed E-state index contributed by atoms with van der Waals surface area (Å²) in [5.74, 6) is -0.530. The van der Waals surface area contributed by atoms with Gasteiger partial charge in [0, 0.05) is 69.1 Å². The zero-order valence-corrected chi connectivity index (χ0v) is 39.8. The van der Waals surface area contributed by atoms with Crippen LogP contribution in [0, 0.1) is 6.92 Å². The Hall–Kier alpha value is -5.28. The molecule has 15 nitrogen and oxygen atoms in total. The van der Waals surface area contributed by atoms with Crippen molar-refractivity contribution >= 4 is 45.8 Å². The molecule has 0 bridgehead atoms. The van der Waals surface area contributed by atoms with E-state index in [-0.39, 0.29) is 42.5 Å². The lowest BCUT2D eigenvalue weighted by Crippen LogP contribution is -2.59. The number of piperidine rings is 2. The van der Waals surface area contributed by atoms with Gasteiger partial charge in [0.1, 0.15) is 6.04 Å². The number of urea groups is 1. The molecule has 3 amide bonds.